The molecule has 0 saturated carbocycles. The van der Waals surface area contributed by atoms with Crippen molar-refractivity contribution >= 4 is 33.2 Å². The SMILES string of the molecule is COCCOCC(C#N)Nc1ccc(Cl)c(Br)c1. The van der Waals surface area contributed by atoms with Crippen molar-refractivity contribution in [2.24, 2.45) is 0 Å². The van der Waals surface area contributed by atoms with Crippen LogP contribution >= 0.6 is 27.5 Å². The Kier molecular flexibility index (Phi) is 7.06. The summed E-state index contributed by atoms with van der Waals surface area (Å²) in [5.74, 6) is 0. The smallest absolute Gasteiger partial charge is 0.138 e. The number of nitriles is 1. The fourth-order valence-corrected chi connectivity index (χ4v) is 1.74. The third-order valence-corrected chi connectivity index (χ3v) is 3.35. The number of halogens is 2. The molecule has 1 atom stereocenters. The van der Waals surface area contributed by atoms with Crippen molar-refractivity contribution in [2.75, 3.05) is 32.2 Å². The van der Waals surface area contributed by atoms with Crippen molar-refractivity contribution in [1.82, 2.24) is 0 Å². The molecule has 1 N–H and O–H groups in total. The third-order valence-electron chi connectivity index (χ3n) is 2.13. The molecular weight excluding hydrogens is 320 g/mol. The number of nitrogens with one attached hydrogen (secondary N) is 1. The van der Waals surface area contributed by atoms with Crippen LogP contribution in [-0.2, 0) is 9.47 Å². The quantitative estimate of drug-likeness (QED) is 0.779. The first-order valence-electron chi connectivity index (χ1n) is 5.35. The number of rotatable bonds is 7. The van der Waals surface area contributed by atoms with E-state index in [0.717, 1.165) is 10.2 Å². The van der Waals surface area contributed by atoms with Gasteiger partial charge in [-0.3, -0.25) is 0 Å². The number of nitrogens with zero attached hydrogens (tertiary/aromatic N) is 1. The monoisotopic (exact) mass is 332 g/mol. The normalized spacial score (nSPS) is 11.9. The van der Waals surface area contributed by atoms with E-state index in [9.17, 15) is 0 Å². The molecule has 98 valence electrons. The molecule has 4 nitrogen and oxygen atoms in total. The van der Waals surface area contributed by atoms with E-state index in [2.05, 4.69) is 27.3 Å². The first-order valence-corrected chi connectivity index (χ1v) is 6.52. The summed E-state index contributed by atoms with van der Waals surface area (Å²) in [5.41, 5.74) is 0.813. The third kappa shape index (κ3) is 5.23. The van der Waals surface area contributed by atoms with Gasteiger partial charge in [0.2, 0.25) is 0 Å². The highest BCUT2D eigenvalue weighted by Gasteiger charge is 2.08. The van der Waals surface area contributed by atoms with Crippen molar-refractivity contribution in [2.45, 2.75) is 6.04 Å². The van der Waals surface area contributed by atoms with Gasteiger partial charge in [-0.1, -0.05) is 11.6 Å². The van der Waals surface area contributed by atoms with E-state index >= 15 is 0 Å². The molecule has 0 amide bonds. The van der Waals surface area contributed by atoms with Crippen LogP contribution in [0.1, 0.15) is 0 Å². The van der Waals surface area contributed by atoms with Gasteiger partial charge in [0, 0.05) is 17.3 Å². The van der Waals surface area contributed by atoms with Gasteiger partial charge in [0.05, 0.1) is 30.9 Å². The zero-order valence-electron chi connectivity index (χ0n) is 9.95. The van der Waals surface area contributed by atoms with Crippen LogP contribution in [0.3, 0.4) is 0 Å². The molecule has 18 heavy (non-hydrogen) atoms. The number of benzene rings is 1. The summed E-state index contributed by atoms with van der Waals surface area (Å²) in [4.78, 5) is 0. The van der Waals surface area contributed by atoms with Crippen LogP contribution in [0.15, 0.2) is 22.7 Å². The average Bonchev–Trinajstić information content (AvgIpc) is 2.37. The number of hydrogen-bond donors (Lipinski definition) is 1. The first kappa shape index (κ1) is 15.3. The summed E-state index contributed by atoms with van der Waals surface area (Å²) in [6.07, 6.45) is 0. The van der Waals surface area contributed by atoms with E-state index in [1.165, 1.54) is 0 Å². The summed E-state index contributed by atoms with van der Waals surface area (Å²) in [6.45, 7) is 1.30. The molecule has 0 aliphatic heterocycles. The molecule has 1 aromatic rings. The van der Waals surface area contributed by atoms with Crippen LogP contribution in [-0.4, -0.2) is 33.0 Å². The van der Waals surface area contributed by atoms with Crippen molar-refractivity contribution < 1.29 is 9.47 Å². The summed E-state index contributed by atoms with van der Waals surface area (Å²) in [5, 5.41) is 12.7. The number of methoxy groups -OCH3 is 1. The highest BCUT2D eigenvalue weighted by Crippen LogP contribution is 2.25. The fraction of sp³-hybridized carbons (Fsp3) is 0.417. The van der Waals surface area contributed by atoms with E-state index in [-0.39, 0.29) is 0 Å². The molecule has 6 heteroatoms. The Morgan fingerprint density at radius 3 is 2.89 bits per heavy atom. The second-order valence-electron chi connectivity index (χ2n) is 3.52. The first-order chi connectivity index (χ1) is 8.67. The summed E-state index contributed by atoms with van der Waals surface area (Å²) < 4.78 is 10.9. The summed E-state index contributed by atoms with van der Waals surface area (Å²) in [6, 6.07) is 7.12. The second kappa shape index (κ2) is 8.33. The van der Waals surface area contributed by atoms with E-state index in [4.69, 9.17) is 26.3 Å². The Morgan fingerprint density at radius 1 is 1.50 bits per heavy atom. The lowest BCUT2D eigenvalue weighted by Gasteiger charge is -2.13. The van der Waals surface area contributed by atoms with Gasteiger partial charge in [-0.2, -0.15) is 5.26 Å². The van der Waals surface area contributed by atoms with Crippen molar-refractivity contribution in [3.05, 3.63) is 27.7 Å². The molecule has 0 saturated heterocycles. The van der Waals surface area contributed by atoms with Gasteiger partial charge in [-0.15, -0.1) is 0 Å². The van der Waals surface area contributed by atoms with Crippen LogP contribution in [0.4, 0.5) is 5.69 Å². The van der Waals surface area contributed by atoms with E-state index in [1.807, 2.05) is 12.1 Å². The van der Waals surface area contributed by atoms with E-state index < -0.39 is 6.04 Å². The Balaban J connectivity index is 2.47. The van der Waals surface area contributed by atoms with Crippen LogP contribution < -0.4 is 5.32 Å². The fourth-order valence-electron chi connectivity index (χ4n) is 1.24. The zero-order chi connectivity index (χ0) is 13.4. The van der Waals surface area contributed by atoms with E-state index in [1.54, 1.807) is 13.2 Å². The maximum atomic E-state index is 9.01. The average molecular weight is 334 g/mol. The summed E-state index contributed by atoms with van der Waals surface area (Å²) in [7, 11) is 1.61. The molecule has 0 heterocycles. The van der Waals surface area contributed by atoms with E-state index in [0.29, 0.717) is 24.8 Å². The standard InChI is InChI=1S/C12H14BrClN2O2/c1-17-4-5-18-8-10(7-15)16-9-2-3-12(14)11(13)6-9/h2-3,6,10,16H,4-5,8H2,1H3. The van der Waals surface area contributed by atoms with Crippen molar-refractivity contribution in [3.8, 4) is 6.07 Å². The molecule has 1 unspecified atom stereocenters. The lowest BCUT2D eigenvalue weighted by atomic mass is 10.2. The van der Waals surface area contributed by atoms with Crippen LogP contribution in [0.25, 0.3) is 0 Å². The zero-order valence-corrected chi connectivity index (χ0v) is 12.3. The molecule has 1 aromatic carbocycles. The minimum Gasteiger partial charge on any atom is -0.382 e. The molecule has 1 rings (SSSR count). The maximum Gasteiger partial charge on any atom is 0.138 e. The Labute approximate surface area is 120 Å². The molecule has 0 aliphatic carbocycles. The van der Waals surface area contributed by atoms with Gasteiger partial charge in [0.1, 0.15) is 6.04 Å². The van der Waals surface area contributed by atoms with Crippen LogP contribution in [0, 0.1) is 11.3 Å². The summed E-state index contributed by atoms with van der Waals surface area (Å²) >= 11 is 9.22. The number of ether oxygens (including phenoxy) is 2. The Morgan fingerprint density at radius 2 is 2.28 bits per heavy atom. The van der Waals surface area contributed by atoms with Gasteiger partial charge in [0.25, 0.3) is 0 Å². The van der Waals surface area contributed by atoms with Crippen molar-refractivity contribution in [1.29, 1.82) is 5.26 Å². The molecule has 0 aromatic heterocycles. The van der Waals surface area contributed by atoms with Gasteiger partial charge < -0.3 is 14.8 Å². The largest absolute Gasteiger partial charge is 0.382 e. The highest BCUT2D eigenvalue weighted by molar-refractivity contribution is 9.10. The molecule has 0 aliphatic rings. The second-order valence-corrected chi connectivity index (χ2v) is 4.78. The Bertz CT molecular complexity index is 423. The minimum absolute atomic E-state index is 0.306. The minimum atomic E-state index is -0.407. The molecule has 0 bridgehead atoms. The van der Waals surface area contributed by atoms with Gasteiger partial charge in [-0.25, -0.2) is 0 Å². The van der Waals surface area contributed by atoms with Gasteiger partial charge in [-0.05, 0) is 34.1 Å². The lowest BCUT2D eigenvalue weighted by molar-refractivity contribution is 0.0707. The predicted octanol–water partition coefficient (Wildman–Crippen LogP) is 3.07. The highest BCUT2D eigenvalue weighted by atomic mass is 79.9. The topological polar surface area (TPSA) is 54.3 Å². The number of anilines is 1. The lowest BCUT2D eigenvalue weighted by Crippen LogP contribution is -2.24. The molecular formula is C12H14BrClN2O2. The van der Waals surface area contributed by atoms with Gasteiger partial charge in [0.15, 0.2) is 0 Å². The Hall–Kier alpha value is -0.800. The molecule has 0 radical (unpaired) electrons. The number of hydrogen-bond acceptors (Lipinski definition) is 4. The van der Waals surface area contributed by atoms with Crippen LogP contribution in [0.5, 0.6) is 0 Å². The molecule has 0 fully saturated rings. The van der Waals surface area contributed by atoms with Crippen LogP contribution in [0.2, 0.25) is 5.02 Å². The maximum absolute atomic E-state index is 9.01. The molecule has 0 spiro atoms. The van der Waals surface area contributed by atoms with Gasteiger partial charge >= 0.3 is 0 Å². The van der Waals surface area contributed by atoms with Crippen molar-refractivity contribution in [3.63, 3.8) is 0 Å². The predicted molar refractivity (Wildman–Crippen MR) is 74.9 cm³/mol.